The fourth-order valence-electron chi connectivity index (χ4n) is 1.57. The normalized spacial score (nSPS) is 10.3. The first-order chi connectivity index (χ1) is 9.56. The molecule has 1 amide bonds. The van der Waals surface area contributed by atoms with Crippen molar-refractivity contribution in [2.24, 2.45) is 0 Å². The molecule has 2 aromatic carbocycles. The van der Waals surface area contributed by atoms with Crippen LogP contribution in [0.15, 0.2) is 47.4 Å². The van der Waals surface area contributed by atoms with Gasteiger partial charge in [-0.2, -0.15) is 0 Å². The van der Waals surface area contributed by atoms with Crippen molar-refractivity contribution in [3.63, 3.8) is 0 Å². The lowest BCUT2D eigenvalue weighted by molar-refractivity contribution is -0.113. The van der Waals surface area contributed by atoms with E-state index in [9.17, 15) is 13.6 Å². The third kappa shape index (κ3) is 3.81. The molecule has 2 nitrogen and oxygen atoms in total. The van der Waals surface area contributed by atoms with Crippen LogP contribution in [0.25, 0.3) is 0 Å². The average Bonchev–Trinajstić information content (AvgIpc) is 2.42. The Balaban J connectivity index is 1.93. The smallest absolute Gasteiger partial charge is 0.234 e. The predicted octanol–water partition coefficient (Wildman–Crippen LogP) is 4.00. The minimum absolute atomic E-state index is 0.0659. The first kappa shape index (κ1) is 14.5. The fourth-order valence-corrected chi connectivity index (χ4v) is 2.31. The quantitative estimate of drug-likeness (QED) is 0.863. The van der Waals surface area contributed by atoms with Gasteiger partial charge < -0.3 is 5.32 Å². The number of carbonyl (C=O) groups is 1. The highest BCUT2D eigenvalue weighted by atomic mass is 32.2. The molecule has 0 saturated heterocycles. The zero-order valence-corrected chi connectivity index (χ0v) is 11.6. The van der Waals surface area contributed by atoms with E-state index >= 15 is 0 Å². The largest absolute Gasteiger partial charge is 0.325 e. The molecule has 2 aromatic rings. The number of hydrogen-bond acceptors (Lipinski definition) is 2. The van der Waals surface area contributed by atoms with Gasteiger partial charge >= 0.3 is 0 Å². The van der Waals surface area contributed by atoms with Crippen molar-refractivity contribution in [2.75, 3.05) is 11.1 Å². The molecule has 0 fully saturated rings. The summed E-state index contributed by atoms with van der Waals surface area (Å²) < 4.78 is 26.7. The van der Waals surface area contributed by atoms with Crippen LogP contribution in [-0.4, -0.2) is 11.7 Å². The molecule has 0 aromatic heterocycles. The topological polar surface area (TPSA) is 29.1 Å². The minimum Gasteiger partial charge on any atom is -0.325 e. The molecule has 20 heavy (non-hydrogen) atoms. The third-order valence-electron chi connectivity index (χ3n) is 2.65. The van der Waals surface area contributed by atoms with E-state index in [1.54, 1.807) is 37.3 Å². The molecule has 1 N–H and O–H groups in total. The van der Waals surface area contributed by atoms with Crippen molar-refractivity contribution < 1.29 is 13.6 Å². The summed E-state index contributed by atoms with van der Waals surface area (Å²) >= 11 is 1.10. The Kier molecular flexibility index (Phi) is 4.74. The van der Waals surface area contributed by atoms with E-state index in [-0.39, 0.29) is 23.3 Å². The first-order valence-corrected chi connectivity index (χ1v) is 6.98. The summed E-state index contributed by atoms with van der Waals surface area (Å²) in [7, 11) is 0. The van der Waals surface area contributed by atoms with Crippen molar-refractivity contribution in [2.45, 2.75) is 11.8 Å². The van der Waals surface area contributed by atoms with Gasteiger partial charge in [-0.25, -0.2) is 8.78 Å². The van der Waals surface area contributed by atoms with Crippen LogP contribution in [-0.2, 0) is 4.79 Å². The number of benzene rings is 2. The van der Waals surface area contributed by atoms with Crippen molar-refractivity contribution in [3.8, 4) is 0 Å². The highest BCUT2D eigenvalue weighted by Crippen LogP contribution is 2.21. The second-order valence-corrected chi connectivity index (χ2v) is 5.25. The van der Waals surface area contributed by atoms with Gasteiger partial charge in [-0.05, 0) is 36.8 Å². The monoisotopic (exact) mass is 293 g/mol. The highest BCUT2D eigenvalue weighted by molar-refractivity contribution is 8.00. The SMILES string of the molecule is Cc1ccc(NC(=O)CSc2ccccc2F)cc1F. The Morgan fingerprint density at radius 3 is 2.60 bits per heavy atom. The molecule has 0 bridgehead atoms. The van der Waals surface area contributed by atoms with E-state index in [0.29, 0.717) is 16.1 Å². The second kappa shape index (κ2) is 6.52. The summed E-state index contributed by atoms with van der Waals surface area (Å²) in [5.74, 6) is -0.964. The molecule has 0 aliphatic carbocycles. The van der Waals surface area contributed by atoms with Crippen LogP contribution in [0.2, 0.25) is 0 Å². The van der Waals surface area contributed by atoms with Gasteiger partial charge in [-0.1, -0.05) is 18.2 Å². The van der Waals surface area contributed by atoms with E-state index in [1.807, 2.05) is 0 Å². The lowest BCUT2D eigenvalue weighted by Crippen LogP contribution is -2.14. The zero-order chi connectivity index (χ0) is 14.5. The van der Waals surface area contributed by atoms with Gasteiger partial charge in [0.05, 0.1) is 5.75 Å². The summed E-state index contributed by atoms with van der Waals surface area (Å²) in [6.07, 6.45) is 0. The van der Waals surface area contributed by atoms with E-state index in [1.165, 1.54) is 12.1 Å². The van der Waals surface area contributed by atoms with Gasteiger partial charge in [0, 0.05) is 10.6 Å². The Bertz CT molecular complexity index is 631. The number of thioether (sulfide) groups is 1. The van der Waals surface area contributed by atoms with Gasteiger partial charge in [0.1, 0.15) is 11.6 Å². The summed E-state index contributed by atoms with van der Waals surface area (Å²) in [5.41, 5.74) is 0.913. The molecule has 0 heterocycles. The number of aryl methyl sites for hydroxylation is 1. The maximum atomic E-state index is 13.4. The minimum atomic E-state index is -0.371. The maximum absolute atomic E-state index is 13.4. The Morgan fingerprint density at radius 2 is 1.90 bits per heavy atom. The van der Waals surface area contributed by atoms with Crippen molar-refractivity contribution in [3.05, 3.63) is 59.7 Å². The number of rotatable bonds is 4. The molecule has 0 saturated carbocycles. The van der Waals surface area contributed by atoms with Crippen LogP contribution in [0.4, 0.5) is 14.5 Å². The second-order valence-electron chi connectivity index (χ2n) is 4.23. The number of amides is 1. The molecule has 0 radical (unpaired) electrons. The van der Waals surface area contributed by atoms with E-state index < -0.39 is 0 Å². The maximum Gasteiger partial charge on any atom is 0.234 e. The molecule has 0 unspecified atom stereocenters. The van der Waals surface area contributed by atoms with Gasteiger partial charge in [0.2, 0.25) is 5.91 Å². The highest BCUT2D eigenvalue weighted by Gasteiger charge is 2.07. The molecule has 104 valence electrons. The lowest BCUT2D eigenvalue weighted by atomic mass is 10.2. The van der Waals surface area contributed by atoms with E-state index in [2.05, 4.69) is 5.32 Å². The molecular weight excluding hydrogens is 280 g/mol. The van der Waals surface area contributed by atoms with Crippen molar-refractivity contribution in [1.29, 1.82) is 0 Å². The standard InChI is InChI=1S/C15H13F2NOS/c1-10-6-7-11(8-13(10)17)18-15(19)9-20-14-5-3-2-4-12(14)16/h2-8H,9H2,1H3,(H,18,19). The molecule has 0 spiro atoms. The van der Waals surface area contributed by atoms with Crippen LogP contribution in [0, 0.1) is 18.6 Å². The zero-order valence-electron chi connectivity index (χ0n) is 10.8. The van der Waals surface area contributed by atoms with Gasteiger partial charge in [0.15, 0.2) is 0 Å². The number of hydrogen-bond donors (Lipinski definition) is 1. The van der Waals surface area contributed by atoms with Gasteiger partial charge in [-0.15, -0.1) is 11.8 Å². The Labute approximate surface area is 120 Å². The Morgan fingerprint density at radius 1 is 1.15 bits per heavy atom. The lowest BCUT2D eigenvalue weighted by Gasteiger charge is -2.06. The van der Waals surface area contributed by atoms with Crippen LogP contribution in [0.1, 0.15) is 5.56 Å². The Hall–Kier alpha value is -1.88. The third-order valence-corrected chi connectivity index (χ3v) is 3.70. The molecule has 0 aliphatic heterocycles. The number of halogens is 2. The van der Waals surface area contributed by atoms with E-state index in [4.69, 9.17) is 0 Å². The molecular formula is C15H13F2NOS. The average molecular weight is 293 g/mol. The van der Waals surface area contributed by atoms with Crippen LogP contribution in [0.3, 0.4) is 0 Å². The summed E-state index contributed by atoms with van der Waals surface area (Å²) in [6.45, 7) is 1.65. The van der Waals surface area contributed by atoms with Gasteiger partial charge in [-0.3, -0.25) is 4.79 Å². The summed E-state index contributed by atoms with van der Waals surface area (Å²) in [6, 6.07) is 10.7. The number of anilines is 1. The molecule has 0 atom stereocenters. The molecule has 2 rings (SSSR count). The molecule has 5 heteroatoms. The first-order valence-electron chi connectivity index (χ1n) is 5.99. The van der Waals surface area contributed by atoms with Crippen LogP contribution >= 0.6 is 11.8 Å². The predicted molar refractivity (Wildman–Crippen MR) is 76.9 cm³/mol. The fraction of sp³-hybridized carbons (Fsp3) is 0.133. The number of nitrogens with one attached hydrogen (secondary N) is 1. The van der Waals surface area contributed by atoms with Crippen molar-refractivity contribution in [1.82, 2.24) is 0 Å². The number of carbonyl (C=O) groups excluding carboxylic acids is 1. The summed E-state index contributed by atoms with van der Waals surface area (Å²) in [5, 5.41) is 2.58. The van der Waals surface area contributed by atoms with Gasteiger partial charge in [0.25, 0.3) is 0 Å². The van der Waals surface area contributed by atoms with Crippen molar-refractivity contribution >= 4 is 23.4 Å². The van der Waals surface area contributed by atoms with E-state index in [0.717, 1.165) is 11.8 Å². The van der Waals surface area contributed by atoms with Crippen LogP contribution in [0.5, 0.6) is 0 Å². The summed E-state index contributed by atoms with van der Waals surface area (Å²) in [4.78, 5) is 12.1. The van der Waals surface area contributed by atoms with Crippen LogP contribution < -0.4 is 5.32 Å². The molecule has 0 aliphatic rings.